The molecule has 1 heterocycles. The van der Waals surface area contributed by atoms with E-state index in [0.717, 1.165) is 14.8 Å². The van der Waals surface area contributed by atoms with Crippen LogP contribution in [0, 0.1) is 3.57 Å². The van der Waals surface area contributed by atoms with Crippen molar-refractivity contribution in [2.45, 2.75) is 6.54 Å². The van der Waals surface area contributed by atoms with Crippen molar-refractivity contribution in [3.63, 3.8) is 0 Å². The van der Waals surface area contributed by atoms with Crippen molar-refractivity contribution in [1.82, 2.24) is 9.97 Å². The summed E-state index contributed by atoms with van der Waals surface area (Å²) >= 11 is 2.30. The molecule has 0 fully saturated rings. The first kappa shape index (κ1) is 18.2. The summed E-state index contributed by atoms with van der Waals surface area (Å²) in [5.74, 6) is 1.42. The summed E-state index contributed by atoms with van der Waals surface area (Å²) in [6.07, 6.45) is 0. The smallest absolute Gasteiger partial charge is 0.328 e. The summed E-state index contributed by atoms with van der Waals surface area (Å²) in [6.45, 7) is 0.608. The van der Waals surface area contributed by atoms with Crippen molar-refractivity contribution < 1.29 is 14.2 Å². The fourth-order valence-electron chi connectivity index (χ4n) is 2.28. The molecule has 0 atom stereocenters. The van der Waals surface area contributed by atoms with E-state index in [1.807, 2.05) is 42.5 Å². The van der Waals surface area contributed by atoms with E-state index < -0.39 is 0 Å². The lowest BCUT2D eigenvalue weighted by Crippen LogP contribution is -2.04. The second-order valence-electron chi connectivity index (χ2n) is 5.28. The summed E-state index contributed by atoms with van der Waals surface area (Å²) in [5, 5.41) is 3.42. The number of nitrogens with one attached hydrogen (secondary N) is 1. The van der Waals surface area contributed by atoms with Crippen LogP contribution in [-0.2, 0) is 6.54 Å². The van der Waals surface area contributed by atoms with E-state index >= 15 is 0 Å². The first-order valence-corrected chi connectivity index (χ1v) is 8.98. The molecule has 0 saturated heterocycles. The quantitative estimate of drug-likeness (QED) is 0.521. The first-order chi connectivity index (χ1) is 12.7. The van der Waals surface area contributed by atoms with E-state index in [-0.39, 0.29) is 6.01 Å². The molecule has 0 bridgehead atoms. The molecule has 0 aliphatic carbocycles. The Morgan fingerprint density at radius 2 is 1.58 bits per heavy atom. The fourth-order valence-corrected chi connectivity index (χ4v) is 2.86. The summed E-state index contributed by atoms with van der Waals surface area (Å²) in [4.78, 5) is 8.42. The molecule has 0 saturated carbocycles. The van der Waals surface area contributed by atoms with Gasteiger partial charge in [0.15, 0.2) is 0 Å². The molecule has 26 heavy (non-hydrogen) atoms. The average molecular weight is 463 g/mol. The molecule has 2 aromatic carbocycles. The topological polar surface area (TPSA) is 65.5 Å². The first-order valence-electron chi connectivity index (χ1n) is 7.91. The van der Waals surface area contributed by atoms with Gasteiger partial charge in [-0.25, -0.2) is 0 Å². The number of rotatable bonds is 7. The highest BCUT2D eigenvalue weighted by Gasteiger charge is 2.10. The molecule has 1 N–H and O–H groups in total. The van der Waals surface area contributed by atoms with Crippen LogP contribution in [0.5, 0.6) is 23.5 Å². The SMILES string of the molecule is COc1cc(OC)nc(Oc2ccccc2CNc2ccccc2I)n1. The van der Waals surface area contributed by atoms with Crippen LogP contribution in [0.25, 0.3) is 0 Å². The molecule has 0 radical (unpaired) electrons. The van der Waals surface area contributed by atoms with Gasteiger partial charge in [0.1, 0.15) is 5.75 Å². The second kappa shape index (κ2) is 8.70. The monoisotopic (exact) mass is 463 g/mol. The number of ether oxygens (including phenoxy) is 3. The molecule has 0 amide bonds. The minimum atomic E-state index is 0.169. The zero-order valence-corrected chi connectivity index (χ0v) is 16.6. The summed E-state index contributed by atoms with van der Waals surface area (Å²) < 4.78 is 17.4. The summed E-state index contributed by atoms with van der Waals surface area (Å²) in [7, 11) is 3.07. The molecule has 0 aliphatic rings. The van der Waals surface area contributed by atoms with Crippen LogP contribution < -0.4 is 19.5 Å². The average Bonchev–Trinajstić information content (AvgIpc) is 2.68. The predicted molar refractivity (Wildman–Crippen MR) is 108 cm³/mol. The zero-order chi connectivity index (χ0) is 18.4. The van der Waals surface area contributed by atoms with Crippen LogP contribution >= 0.6 is 22.6 Å². The Labute approximate surface area is 165 Å². The maximum atomic E-state index is 5.89. The number of aromatic nitrogens is 2. The predicted octanol–water partition coefficient (Wildman–Crippen LogP) is 4.50. The van der Waals surface area contributed by atoms with Crippen molar-refractivity contribution in [2.24, 2.45) is 0 Å². The molecule has 134 valence electrons. The molecule has 7 heteroatoms. The number of anilines is 1. The largest absolute Gasteiger partial charge is 0.481 e. The van der Waals surface area contributed by atoms with Crippen molar-refractivity contribution in [1.29, 1.82) is 0 Å². The third-order valence-corrected chi connectivity index (χ3v) is 4.53. The zero-order valence-electron chi connectivity index (χ0n) is 14.4. The number of methoxy groups -OCH3 is 2. The lowest BCUT2D eigenvalue weighted by molar-refractivity contribution is 0.347. The lowest BCUT2D eigenvalue weighted by Gasteiger charge is -2.13. The van der Waals surface area contributed by atoms with Gasteiger partial charge in [-0.15, -0.1) is 0 Å². The highest BCUT2D eigenvalue weighted by Crippen LogP contribution is 2.27. The number of halogens is 1. The minimum absolute atomic E-state index is 0.169. The number of nitrogens with zero attached hydrogens (tertiary/aromatic N) is 2. The van der Waals surface area contributed by atoms with Crippen molar-refractivity contribution in [2.75, 3.05) is 19.5 Å². The maximum absolute atomic E-state index is 5.89. The Morgan fingerprint density at radius 3 is 2.27 bits per heavy atom. The van der Waals surface area contributed by atoms with Crippen molar-refractivity contribution in [3.8, 4) is 23.5 Å². The van der Waals surface area contributed by atoms with Gasteiger partial charge in [-0.05, 0) is 40.8 Å². The second-order valence-corrected chi connectivity index (χ2v) is 6.44. The van der Waals surface area contributed by atoms with Crippen LogP contribution in [0.4, 0.5) is 5.69 Å². The fraction of sp³-hybridized carbons (Fsp3) is 0.158. The van der Waals surface area contributed by atoms with Gasteiger partial charge in [-0.1, -0.05) is 30.3 Å². The third-order valence-electron chi connectivity index (χ3n) is 3.59. The molecular weight excluding hydrogens is 445 g/mol. The molecule has 6 nitrogen and oxygen atoms in total. The van der Waals surface area contributed by atoms with E-state index in [2.05, 4.69) is 43.9 Å². The standard InChI is InChI=1S/C19H18IN3O3/c1-24-17-11-18(25-2)23-19(22-17)26-16-10-6-3-7-13(16)12-21-15-9-5-4-8-14(15)20/h3-11,21H,12H2,1-2H3. The van der Waals surface area contributed by atoms with Crippen LogP contribution in [0.15, 0.2) is 54.6 Å². The molecular formula is C19H18IN3O3. The van der Waals surface area contributed by atoms with Gasteiger partial charge in [-0.3, -0.25) is 0 Å². The summed E-state index contributed by atoms with van der Waals surface area (Å²) in [6, 6.07) is 17.6. The van der Waals surface area contributed by atoms with Gasteiger partial charge in [0.2, 0.25) is 11.8 Å². The van der Waals surface area contributed by atoms with E-state index in [1.165, 1.54) is 14.2 Å². The van der Waals surface area contributed by atoms with Crippen LogP contribution in [0.1, 0.15) is 5.56 Å². The highest BCUT2D eigenvalue weighted by molar-refractivity contribution is 14.1. The van der Waals surface area contributed by atoms with Crippen LogP contribution in [0.2, 0.25) is 0 Å². The Kier molecular flexibility index (Phi) is 6.11. The molecule has 1 aromatic heterocycles. The maximum Gasteiger partial charge on any atom is 0.328 e. The molecule has 3 rings (SSSR count). The summed E-state index contributed by atoms with van der Waals surface area (Å²) in [5.41, 5.74) is 2.06. The number of hydrogen-bond acceptors (Lipinski definition) is 6. The van der Waals surface area contributed by atoms with E-state index in [4.69, 9.17) is 14.2 Å². The molecule has 0 spiro atoms. The normalized spacial score (nSPS) is 10.3. The number of hydrogen-bond donors (Lipinski definition) is 1. The van der Waals surface area contributed by atoms with Crippen LogP contribution in [0.3, 0.4) is 0 Å². The van der Waals surface area contributed by atoms with Gasteiger partial charge in [0, 0.05) is 21.4 Å². The van der Waals surface area contributed by atoms with Crippen molar-refractivity contribution >= 4 is 28.3 Å². The molecule has 3 aromatic rings. The lowest BCUT2D eigenvalue weighted by atomic mass is 10.2. The van der Waals surface area contributed by atoms with Gasteiger partial charge in [-0.2, -0.15) is 9.97 Å². The van der Waals surface area contributed by atoms with Gasteiger partial charge < -0.3 is 19.5 Å². The molecule has 0 aliphatic heterocycles. The van der Waals surface area contributed by atoms with Crippen molar-refractivity contribution in [3.05, 3.63) is 63.7 Å². The Hall–Kier alpha value is -2.55. The van der Waals surface area contributed by atoms with Gasteiger partial charge >= 0.3 is 6.01 Å². The van der Waals surface area contributed by atoms with E-state index in [0.29, 0.717) is 24.1 Å². The Bertz CT molecular complexity index is 867. The molecule has 0 unspecified atom stereocenters. The number of benzene rings is 2. The minimum Gasteiger partial charge on any atom is -0.481 e. The van der Waals surface area contributed by atoms with Gasteiger partial charge in [0.05, 0.1) is 20.3 Å². The van der Waals surface area contributed by atoms with Crippen LogP contribution in [-0.4, -0.2) is 24.2 Å². The van der Waals surface area contributed by atoms with Gasteiger partial charge in [0.25, 0.3) is 0 Å². The Balaban J connectivity index is 1.80. The Morgan fingerprint density at radius 1 is 0.923 bits per heavy atom. The van der Waals surface area contributed by atoms with E-state index in [1.54, 1.807) is 6.07 Å². The highest BCUT2D eigenvalue weighted by atomic mass is 127. The van der Waals surface area contributed by atoms with E-state index in [9.17, 15) is 0 Å². The number of para-hydroxylation sites is 2. The third kappa shape index (κ3) is 4.54.